The van der Waals surface area contributed by atoms with Crippen molar-refractivity contribution in [1.29, 1.82) is 0 Å². The molecule has 0 saturated carbocycles. The maximum atomic E-state index is 14.6. The molecule has 0 spiro atoms. The average molecular weight is 527 g/mol. The number of carbonyl (C=O) groups excluding carboxylic acids is 2. The van der Waals surface area contributed by atoms with E-state index < -0.39 is 73.0 Å². The van der Waals surface area contributed by atoms with E-state index in [0.29, 0.717) is 16.6 Å². The Labute approximate surface area is 180 Å². The summed E-state index contributed by atoms with van der Waals surface area (Å²) in [4.78, 5) is 27.3. The number of hydrogen-bond acceptors (Lipinski definition) is 5. The number of nitrogens with one attached hydrogen (secondary N) is 2. The first-order valence-electron chi connectivity index (χ1n) is 8.37. The summed E-state index contributed by atoms with van der Waals surface area (Å²) in [6, 6.07) is 4.03. The number of rotatable bonds is 8. The van der Waals surface area contributed by atoms with Crippen LogP contribution in [0.15, 0.2) is 30.5 Å². The Morgan fingerprint density at radius 2 is 1.81 bits per heavy atom. The number of alkyl halides is 3. The van der Waals surface area contributed by atoms with Crippen molar-refractivity contribution in [3.05, 3.63) is 47.7 Å². The van der Waals surface area contributed by atoms with Crippen LogP contribution in [0, 0.1) is 11.6 Å². The van der Waals surface area contributed by atoms with Crippen molar-refractivity contribution < 1.29 is 40.0 Å². The molecule has 0 bridgehead atoms. The van der Waals surface area contributed by atoms with Crippen molar-refractivity contribution in [2.24, 2.45) is 0 Å². The summed E-state index contributed by atoms with van der Waals surface area (Å²) < 4.78 is 90.9. The molecule has 0 radical (unpaired) electrons. The fourth-order valence-electron chi connectivity index (χ4n) is 2.18. The van der Waals surface area contributed by atoms with Crippen molar-refractivity contribution in [2.75, 3.05) is 15.8 Å². The Kier molecular flexibility index (Phi) is 7.77. The van der Waals surface area contributed by atoms with Gasteiger partial charge in [0.1, 0.15) is 0 Å². The molecular weight excluding hydrogens is 512 g/mol. The second-order valence-electron chi connectivity index (χ2n) is 6.14. The summed E-state index contributed by atoms with van der Waals surface area (Å²) in [7, 11) is -4.59. The molecule has 1 aromatic heterocycles. The summed E-state index contributed by atoms with van der Waals surface area (Å²) in [5, 5.41) is 1.94. The normalized spacial score (nSPS) is 12.2. The first-order chi connectivity index (χ1) is 14.3. The molecule has 0 saturated heterocycles. The van der Waals surface area contributed by atoms with E-state index in [4.69, 9.17) is 0 Å². The van der Waals surface area contributed by atoms with E-state index in [1.165, 1.54) is 19.1 Å². The van der Waals surface area contributed by atoms with Crippen LogP contribution in [-0.4, -0.2) is 51.6 Å². The third-order valence-electron chi connectivity index (χ3n) is 3.58. The molecule has 2 aromatic rings. The first-order valence-corrected chi connectivity index (χ1v) is 12.1. The van der Waals surface area contributed by atoms with Crippen molar-refractivity contribution in [3.8, 4) is 0 Å². The number of sulfonamides is 1. The van der Waals surface area contributed by atoms with Crippen LogP contribution in [0.3, 0.4) is 0 Å². The Morgan fingerprint density at radius 3 is 2.35 bits per heavy atom. The van der Waals surface area contributed by atoms with Crippen molar-refractivity contribution in [2.45, 2.75) is 19.5 Å². The Bertz CT molecular complexity index is 1090. The van der Waals surface area contributed by atoms with Crippen molar-refractivity contribution in [1.82, 2.24) is 4.98 Å². The fourth-order valence-corrected chi connectivity index (χ4v) is 4.66. The molecule has 1 amide bonds. The van der Waals surface area contributed by atoms with Gasteiger partial charge in [0.2, 0.25) is 0 Å². The van der Waals surface area contributed by atoms with Crippen LogP contribution in [0.4, 0.5) is 33.3 Å². The molecule has 1 heterocycles. The molecular formula is C17H15AsF5N3O4S. The number of pyridine rings is 1. The van der Waals surface area contributed by atoms with Crippen LogP contribution in [0.5, 0.6) is 0 Å². The molecule has 0 aliphatic rings. The van der Waals surface area contributed by atoms with Gasteiger partial charge in [-0.15, -0.1) is 0 Å². The molecule has 168 valence electrons. The van der Waals surface area contributed by atoms with Gasteiger partial charge in [-0.3, -0.25) is 0 Å². The van der Waals surface area contributed by atoms with Crippen molar-refractivity contribution in [3.63, 3.8) is 0 Å². The first kappa shape index (κ1) is 24.7. The summed E-state index contributed by atoms with van der Waals surface area (Å²) in [5.41, 5.74) is -1.92. The second-order valence-corrected chi connectivity index (χ2v) is 11.1. The zero-order valence-electron chi connectivity index (χ0n) is 15.7. The number of nitrogens with zero attached hydrogens (tertiary/aromatic N) is 1. The number of halogens is 5. The van der Waals surface area contributed by atoms with E-state index in [1.807, 2.05) is 5.32 Å². The van der Waals surface area contributed by atoms with Gasteiger partial charge in [-0.05, 0) is 0 Å². The molecule has 1 unspecified atom stereocenters. The summed E-state index contributed by atoms with van der Waals surface area (Å²) >= 11 is -1.13. The van der Waals surface area contributed by atoms with Crippen LogP contribution >= 0.6 is 0 Å². The molecule has 0 fully saturated rings. The van der Waals surface area contributed by atoms with Gasteiger partial charge in [0.25, 0.3) is 0 Å². The summed E-state index contributed by atoms with van der Waals surface area (Å²) in [6.45, 7) is 1.40. The van der Waals surface area contributed by atoms with Crippen LogP contribution in [-0.2, 0) is 14.8 Å². The van der Waals surface area contributed by atoms with E-state index in [1.54, 1.807) is 4.72 Å². The minimum atomic E-state index is -4.74. The Hall–Kier alpha value is -2.53. The van der Waals surface area contributed by atoms with Crippen LogP contribution in [0.2, 0.25) is 0 Å². The predicted molar refractivity (Wildman–Crippen MR) is 104 cm³/mol. The molecule has 31 heavy (non-hydrogen) atoms. The number of amides is 1. The maximum absolute atomic E-state index is 14.6. The van der Waals surface area contributed by atoms with Gasteiger partial charge in [-0.25, -0.2) is 0 Å². The van der Waals surface area contributed by atoms with E-state index >= 15 is 0 Å². The molecule has 2 N–H and O–H groups in total. The summed E-state index contributed by atoms with van der Waals surface area (Å²) in [6.07, 6.45) is -5.30. The second kappa shape index (κ2) is 9.73. The summed E-state index contributed by atoms with van der Waals surface area (Å²) in [5.74, 6) is -5.10. The minimum absolute atomic E-state index is 0.0386. The van der Waals surface area contributed by atoms with Crippen LogP contribution in [0.25, 0.3) is 0 Å². The number of hydrogen-bond donors (Lipinski definition) is 2. The number of aromatic nitrogens is 1. The molecule has 1 atom stereocenters. The van der Waals surface area contributed by atoms with Gasteiger partial charge >= 0.3 is 160 Å². The van der Waals surface area contributed by atoms with Crippen LogP contribution in [0.1, 0.15) is 23.7 Å². The van der Waals surface area contributed by atoms with Gasteiger partial charge in [0.05, 0.1) is 6.42 Å². The monoisotopic (exact) mass is 527 g/mol. The standard InChI is InChI=1S/C17H15AsF5N3O4S/c1-9(27)18-13-5-2-10(8-24-13)16(28)25-15-11(19)3-4-12(14(15)20)26-31(29,30)7-6-17(21,22)23/h2-5,8,18,26H,6-7H2,1H3,(H,25,28). The Balaban J connectivity index is 2.20. The predicted octanol–water partition coefficient (Wildman–Crippen LogP) is 1.91. The average Bonchev–Trinajstić information content (AvgIpc) is 2.65. The van der Waals surface area contributed by atoms with E-state index in [0.717, 1.165) is 6.20 Å². The topological polar surface area (TPSA) is 105 Å². The number of anilines is 2. The third kappa shape index (κ3) is 7.58. The molecule has 2 rings (SSSR count). The fraction of sp³-hybridized carbons (Fsp3) is 0.235. The molecule has 0 aliphatic carbocycles. The SMILES string of the molecule is CC(=O)[AsH]c1ccc(C(=O)Nc2c(F)ccc(NS(=O)(=O)CCC(F)(F)F)c2F)cn1. The quantitative estimate of drug-likeness (QED) is 0.403. The number of carbonyl (C=O) groups is 2. The van der Waals surface area contributed by atoms with E-state index in [2.05, 4.69) is 4.98 Å². The van der Waals surface area contributed by atoms with E-state index in [9.17, 15) is 40.0 Å². The molecule has 0 aliphatic heterocycles. The third-order valence-corrected chi connectivity index (χ3v) is 6.75. The van der Waals surface area contributed by atoms with Gasteiger partial charge in [-0.1, -0.05) is 0 Å². The van der Waals surface area contributed by atoms with E-state index in [-0.39, 0.29) is 10.1 Å². The van der Waals surface area contributed by atoms with Crippen molar-refractivity contribution >= 4 is 52.1 Å². The molecule has 7 nitrogen and oxygen atoms in total. The van der Waals surface area contributed by atoms with Gasteiger partial charge < -0.3 is 0 Å². The zero-order valence-corrected chi connectivity index (χ0v) is 18.6. The number of benzene rings is 1. The molecule has 14 heteroatoms. The Morgan fingerprint density at radius 1 is 1.13 bits per heavy atom. The van der Waals surface area contributed by atoms with Gasteiger partial charge in [0, 0.05) is 0 Å². The van der Waals surface area contributed by atoms with Gasteiger partial charge in [-0.2, -0.15) is 13.2 Å². The molecule has 1 aromatic carbocycles. The van der Waals surface area contributed by atoms with Crippen LogP contribution < -0.4 is 14.5 Å². The zero-order chi connectivity index (χ0) is 23.4. The van der Waals surface area contributed by atoms with Gasteiger partial charge in [0.15, 0.2) is 0 Å².